The average Bonchev–Trinajstić information content (AvgIpc) is 2.16. The molecule has 0 N–H and O–H groups in total. The molecule has 0 heterocycles. The van der Waals surface area contributed by atoms with Gasteiger partial charge in [0.2, 0.25) is 0 Å². The first-order valence-electron chi connectivity index (χ1n) is 3.85. The first-order chi connectivity index (χ1) is 6.51. The zero-order valence-corrected chi connectivity index (χ0v) is 14.3. The van der Waals surface area contributed by atoms with E-state index in [0.29, 0.717) is 13.1 Å². The molecule has 14 heavy (non-hydrogen) atoms. The third-order valence-corrected chi connectivity index (χ3v) is 6.19. The SMILES string of the molecule is O=C(Cl)N(CC(Br)CBr)CC(Br)CBr. The molecule has 0 rings (SSSR count). The summed E-state index contributed by atoms with van der Waals surface area (Å²) in [5.41, 5.74) is 0. The van der Waals surface area contributed by atoms with Gasteiger partial charge in [0, 0.05) is 33.4 Å². The lowest BCUT2D eigenvalue weighted by molar-refractivity contribution is 0.224. The maximum Gasteiger partial charge on any atom is 0.316 e. The molecule has 0 aromatic rings. The molecule has 2 atom stereocenters. The minimum atomic E-state index is -0.416. The van der Waals surface area contributed by atoms with Crippen molar-refractivity contribution in [2.75, 3.05) is 23.7 Å². The van der Waals surface area contributed by atoms with Crippen LogP contribution in [0.1, 0.15) is 0 Å². The van der Waals surface area contributed by atoms with Gasteiger partial charge in [0.05, 0.1) is 0 Å². The van der Waals surface area contributed by atoms with Gasteiger partial charge in [0.25, 0.3) is 0 Å². The van der Waals surface area contributed by atoms with Gasteiger partial charge in [-0.05, 0) is 11.6 Å². The molecule has 0 aromatic heterocycles. The van der Waals surface area contributed by atoms with Crippen molar-refractivity contribution in [1.29, 1.82) is 0 Å². The van der Waals surface area contributed by atoms with Crippen LogP contribution in [0.2, 0.25) is 0 Å². The number of nitrogens with zero attached hydrogens (tertiary/aromatic N) is 1. The van der Waals surface area contributed by atoms with Crippen LogP contribution in [0.3, 0.4) is 0 Å². The zero-order valence-electron chi connectivity index (χ0n) is 7.23. The van der Waals surface area contributed by atoms with E-state index in [1.54, 1.807) is 4.90 Å². The fraction of sp³-hybridized carbons (Fsp3) is 0.857. The third kappa shape index (κ3) is 7.04. The molecule has 0 fully saturated rings. The molecule has 1 amide bonds. The zero-order chi connectivity index (χ0) is 11.1. The number of carbonyl (C=O) groups excluding carboxylic acids is 1. The van der Waals surface area contributed by atoms with Crippen molar-refractivity contribution in [2.24, 2.45) is 0 Å². The van der Waals surface area contributed by atoms with Gasteiger partial charge in [0.1, 0.15) is 0 Å². The van der Waals surface area contributed by atoms with Crippen molar-refractivity contribution in [3.8, 4) is 0 Å². The lowest BCUT2D eigenvalue weighted by Gasteiger charge is -2.23. The van der Waals surface area contributed by atoms with Crippen molar-refractivity contribution in [2.45, 2.75) is 9.65 Å². The van der Waals surface area contributed by atoms with Gasteiger partial charge in [-0.25, -0.2) is 0 Å². The third-order valence-electron chi connectivity index (χ3n) is 1.42. The number of carbonyl (C=O) groups is 1. The largest absolute Gasteiger partial charge is 0.327 e. The lowest BCUT2D eigenvalue weighted by atomic mass is 10.4. The van der Waals surface area contributed by atoms with Crippen LogP contribution in [0.25, 0.3) is 0 Å². The summed E-state index contributed by atoms with van der Waals surface area (Å²) >= 11 is 19.0. The molecule has 0 radical (unpaired) electrons. The first kappa shape index (κ1) is 15.7. The van der Waals surface area contributed by atoms with Crippen LogP contribution in [-0.2, 0) is 0 Å². The second kappa shape index (κ2) is 8.79. The number of amides is 1. The summed E-state index contributed by atoms with van der Waals surface area (Å²) in [7, 11) is 0. The molecule has 0 bridgehead atoms. The van der Waals surface area contributed by atoms with Crippen molar-refractivity contribution in [3.05, 3.63) is 0 Å². The lowest BCUT2D eigenvalue weighted by Crippen LogP contribution is -2.37. The molecule has 7 heteroatoms. The summed E-state index contributed by atoms with van der Waals surface area (Å²) in [6, 6.07) is 0. The Labute approximate surface area is 123 Å². The molecule has 0 aliphatic carbocycles. The van der Waals surface area contributed by atoms with Crippen molar-refractivity contribution < 1.29 is 4.79 Å². The summed E-state index contributed by atoms with van der Waals surface area (Å²) < 4.78 is 0. The fourth-order valence-corrected chi connectivity index (χ4v) is 2.04. The monoisotopic (exact) mass is 475 g/mol. The highest BCUT2D eigenvalue weighted by molar-refractivity contribution is 9.12. The normalized spacial score (nSPS) is 14.9. The van der Waals surface area contributed by atoms with Crippen LogP contribution >= 0.6 is 75.3 Å². The minimum absolute atomic E-state index is 0.222. The molecule has 2 nitrogen and oxygen atoms in total. The van der Waals surface area contributed by atoms with Gasteiger partial charge in [-0.3, -0.25) is 4.79 Å². The van der Waals surface area contributed by atoms with Gasteiger partial charge in [-0.1, -0.05) is 63.7 Å². The van der Waals surface area contributed by atoms with Crippen LogP contribution in [0, 0.1) is 0 Å². The van der Waals surface area contributed by atoms with Gasteiger partial charge >= 0.3 is 5.37 Å². The second-order valence-electron chi connectivity index (χ2n) is 2.66. The molecule has 84 valence electrons. The summed E-state index contributed by atoms with van der Waals surface area (Å²) in [6.07, 6.45) is 0. The molecular weight excluding hydrogens is 469 g/mol. The van der Waals surface area contributed by atoms with Gasteiger partial charge in [0.15, 0.2) is 0 Å². The van der Waals surface area contributed by atoms with Crippen molar-refractivity contribution in [1.82, 2.24) is 4.90 Å². The quantitative estimate of drug-likeness (QED) is 0.321. The van der Waals surface area contributed by atoms with Crippen molar-refractivity contribution >= 4 is 80.7 Å². The van der Waals surface area contributed by atoms with E-state index in [0.717, 1.165) is 10.7 Å². The Hall–Kier alpha value is 1.68. The van der Waals surface area contributed by atoms with Gasteiger partial charge in [-0.15, -0.1) is 0 Å². The predicted molar refractivity (Wildman–Crippen MR) is 75.8 cm³/mol. The number of halogens is 5. The van der Waals surface area contributed by atoms with E-state index in [4.69, 9.17) is 11.6 Å². The number of hydrogen-bond acceptors (Lipinski definition) is 1. The summed E-state index contributed by atoms with van der Waals surface area (Å²) in [5.74, 6) is 0. The minimum Gasteiger partial charge on any atom is -0.327 e. The Morgan fingerprint density at radius 2 is 1.50 bits per heavy atom. The topological polar surface area (TPSA) is 20.3 Å². The standard InChI is InChI=1S/C7H10Br4ClNO/c8-1-5(10)3-13(7(12)14)4-6(11)2-9/h5-6H,1-4H2. The molecule has 0 spiro atoms. The second-order valence-corrected chi connectivity index (χ2v) is 6.87. The maximum atomic E-state index is 11.1. The molecule has 0 saturated carbocycles. The summed E-state index contributed by atoms with van der Waals surface area (Å²) in [5, 5.41) is 1.16. The Kier molecular flexibility index (Phi) is 9.84. The first-order valence-corrected chi connectivity index (χ1v) is 8.31. The highest BCUT2D eigenvalue weighted by Gasteiger charge is 2.17. The Balaban J connectivity index is 4.09. The van der Waals surface area contributed by atoms with Gasteiger partial charge in [-0.2, -0.15) is 0 Å². The Morgan fingerprint density at radius 3 is 1.71 bits per heavy atom. The smallest absolute Gasteiger partial charge is 0.316 e. The summed E-state index contributed by atoms with van der Waals surface area (Å²) in [4.78, 5) is 13.1. The van der Waals surface area contributed by atoms with Crippen LogP contribution in [0.15, 0.2) is 0 Å². The van der Waals surface area contributed by atoms with Crippen LogP contribution in [0.4, 0.5) is 4.79 Å². The molecule has 0 aliphatic rings. The maximum absolute atomic E-state index is 11.1. The van der Waals surface area contributed by atoms with E-state index in [9.17, 15) is 4.79 Å². The van der Waals surface area contributed by atoms with Crippen LogP contribution < -0.4 is 0 Å². The van der Waals surface area contributed by atoms with Crippen LogP contribution in [0.5, 0.6) is 0 Å². The average molecular weight is 479 g/mol. The Bertz CT molecular complexity index is 171. The highest BCUT2D eigenvalue weighted by Crippen LogP contribution is 2.12. The van der Waals surface area contributed by atoms with Gasteiger partial charge < -0.3 is 4.90 Å². The van der Waals surface area contributed by atoms with E-state index in [-0.39, 0.29) is 9.65 Å². The van der Waals surface area contributed by atoms with Crippen LogP contribution in [-0.4, -0.2) is 43.7 Å². The van der Waals surface area contributed by atoms with E-state index >= 15 is 0 Å². The highest BCUT2D eigenvalue weighted by atomic mass is 79.9. The van der Waals surface area contributed by atoms with Crippen molar-refractivity contribution in [3.63, 3.8) is 0 Å². The predicted octanol–water partition coefficient (Wildman–Crippen LogP) is 3.96. The number of alkyl halides is 4. The Morgan fingerprint density at radius 1 is 1.14 bits per heavy atom. The fourth-order valence-electron chi connectivity index (χ4n) is 0.794. The molecule has 2 unspecified atom stereocenters. The van der Waals surface area contributed by atoms with E-state index in [1.165, 1.54) is 0 Å². The summed E-state index contributed by atoms with van der Waals surface area (Å²) in [6.45, 7) is 1.20. The molecule has 0 aromatic carbocycles. The molecule has 0 aliphatic heterocycles. The van der Waals surface area contributed by atoms with E-state index in [2.05, 4.69) is 63.7 Å². The molecule has 0 saturated heterocycles. The van der Waals surface area contributed by atoms with E-state index < -0.39 is 5.37 Å². The number of hydrogen-bond donors (Lipinski definition) is 0. The molecular formula is C7H10Br4ClNO. The number of rotatable bonds is 6. The van der Waals surface area contributed by atoms with E-state index in [1.807, 2.05) is 0 Å².